The van der Waals surface area contributed by atoms with E-state index in [9.17, 15) is 35.9 Å². The lowest BCUT2D eigenvalue weighted by molar-refractivity contribution is -0.193. The number of carbonyl (C=O) groups is 4. The average Bonchev–Trinajstić information content (AvgIpc) is 2.93. The van der Waals surface area contributed by atoms with Crippen LogP contribution in [-0.2, 0) is 14.3 Å². The van der Waals surface area contributed by atoms with Gasteiger partial charge in [-0.25, -0.2) is 14.4 Å². The maximum absolute atomic E-state index is 12.3. The van der Waals surface area contributed by atoms with Gasteiger partial charge in [-0.15, -0.1) is 0 Å². The Hall–Kier alpha value is -4.87. The molecule has 0 heterocycles. The van der Waals surface area contributed by atoms with Gasteiger partial charge in [0.2, 0.25) is 0 Å². The van der Waals surface area contributed by atoms with Crippen LogP contribution in [0, 0.1) is 5.41 Å². The average molecular weight is 627 g/mol. The molecule has 0 radical (unpaired) electrons. The van der Waals surface area contributed by atoms with Gasteiger partial charge in [0.1, 0.15) is 24.8 Å². The van der Waals surface area contributed by atoms with E-state index in [0.717, 1.165) is 0 Å². The molecule has 0 aliphatic rings. The second kappa shape index (κ2) is 17.8. The molecular formula is C25H28F6N4O8. The van der Waals surface area contributed by atoms with Gasteiger partial charge in [0, 0.05) is 31.3 Å². The van der Waals surface area contributed by atoms with Crippen LogP contribution < -0.4 is 15.8 Å². The fourth-order valence-corrected chi connectivity index (χ4v) is 2.48. The lowest BCUT2D eigenvalue weighted by Gasteiger charge is -2.17. The minimum Gasteiger partial charge on any atom is -0.490 e. The lowest BCUT2D eigenvalue weighted by atomic mass is 10.1. The summed E-state index contributed by atoms with van der Waals surface area (Å²) in [6.07, 6.45) is -10.2. The molecule has 0 aliphatic heterocycles. The first-order valence-electron chi connectivity index (χ1n) is 11.7. The summed E-state index contributed by atoms with van der Waals surface area (Å²) in [6.45, 7) is 1.53. The predicted molar refractivity (Wildman–Crippen MR) is 138 cm³/mol. The van der Waals surface area contributed by atoms with Crippen LogP contribution in [0.2, 0.25) is 0 Å². The standard InChI is InChI=1S/C21H26N4O4.2C2HF3O2/c1-24-10-11-25(2)20(26)15-6-8-16(9-7-15)21(27)29-13-12-28-18-5-3-4-17(14-18)19(22)23;2*3-2(4,5)1(6)7/h3-9,14,24H,10-13H2,1-2H3,(H3,22,23);2*(H,6,7). The van der Waals surface area contributed by atoms with E-state index in [-0.39, 0.29) is 25.0 Å². The van der Waals surface area contributed by atoms with Crippen molar-refractivity contribution in [3.8, 4) is 5.75 Å². The normalized spacial score (nSPS) is 10.6. The SMILES string of the molecule is CNCCN(C)C(=O)c1ccc(C(=O)OCCOc2cccc(C(=N)N)c2)cc1.O=C(O)C(F)(F)F.O=C(O)C(F)(F)F. The van der Waals surface area contributed by atoms with Crippen LogP contribution in [-0.4, -0.2) is 97.5 Å². The summed E-state index contributed by atoms with van der Waals surface area (Å²) >= 11 is 0. The van der Waals surface area contributed by atoms with E-state index >= 15 is 0 Å². The highest BCUT2D eigenvalue weighted by Crippen LogP contribution is 2.14. The summed E-state index contributed by atoms with van der Waals surface area (Å²) in [5, 5.41) is 24.7. The Labute approximate surface area is 240 Å². The number of carboxylic acid groups (broad SMARTS) is 2. The van der Waals surface area contributed by atoms with E-state index in [4.69, 9.17) is 40.4 Å². The molecule has 238 valence electrons. The van der Waals surface area contributed by atoms with Gasteiger partial charge < -0.3 is 35.6 Å². The number of ether oxygens (including phenoxy) is 2. The van der Waals surface area contributed by atoms with Crippen molar-refractivity contribution in [3.05, 3.63) is 65.2 Å². The molecule has 2 aromatic rings. The number of rotatable bonds is 10. The number of esters is 1. The van der Waals surface area contributed by atoms with Gasteiger partial charge in [0.25, 0.3) is 5.91 Å². The Morgan fingerprint density at radius 1 is 0.884 bits per heavy atom. The van der Waals surface area contributed by atoms with Crippen LogP contribution in [0.5, 0.6) is 5.75 Å². The number of carboxylic acids is 2. The van der Waals surface area contributed by atoms with Gasteiger partial charge in [0.15, 0.2) is 0 Å². The zero-order chi connectivity index (χ0) is 33.4. The molecule has 0 aromatic heterocycles. The number of carbonyl (C=O) groups excluding carboxylic acids is 2. The van der Waals surface area contributed by atoms with Crippen LogP contribution in [0.15, 0.2) is 48.5 Å². The summed E-state index contributed by atoms with van der Waals surface area (Å²) in [5.74, 6) is -5.62. The molecule has 0 saturated carbocycles. The maximum Gasteiger partial charge on any atom is 0.490 e. The number of nitrogen functional groups attached to an aromatic ring is 1. The highest BCUT2D eigenvalue weighted by Gasteiger charge is 2.38. The molecule has 12 nitrogen and oxygen atoms in total. The molecule has 0 aliphatic carbocycles. The van der Waals surface area contributed by atoms with E-state index in [1.54, 1.807) is 60.5 Å². The number of amides is 1. The van der Waals surface area contributed by atoms with E-state index in [1.165, 1.54) is 0 Å². The van der Waals surface area contributed by atoms with Crippen molar-refractivity contribution in [1.29, 1.82) is 5.41 Å². The molecule has 2 aromatic carbocycles. The van der Waals surface area contributed by atoms with Crippen LogP contribution in [0.3, 0.4) is 0 Å². The van der Waals surface area contributed by atoms with Crippen molar-refractivity contribution in [2.45, 2.75) is 12.4 Å². The van der Waals surface area contributed by atoms with Crippen molar-refractivity contribution in [3.63, 3.8) is 0 Å². The molecule has 43 heavy (non-hydrogen) atoms. The van der Waals surface area contributed by atoms with Crippen molar-refractivity contribution >= 4 is 29.7 Å². The number of alkyl halides is 6. The molecule has 0 atom stereocenters. The first-order valence-corrected chi connectivity index (χ1v) is 11.7. The number of hydrogen-bond acceptors (Lipinski definition) is 8. The molecule has 0 fully saturated rings. The van der Waals surface area contributed by atoms with Gasteiger partial charge >= 0.3 is 30.3 Å². The minimum absolute atomic E-state index is 0.0444. The highest BCUT2D eigenvalue weighted by atomic mass is 19.4. The number of nitrogens with zero attached hydrogens (tertiary/aromatic N) is 1. The molecule has 2 rings (SSSR count). The third-order valence-electron chi connectivity index (χ3n) is 4.63. The van der Waals surface area contributed by atoms with Crippen molar-refractivity contribution in [2.24, 2.45) is 5.73 Å². The number of hydrogen-bond donors (Lipinski definition) is 5. The van der Waals surface area contributed by atoms with E-state index < -0.39 is 30.3 Å². The zero-order valence-corrected chi connectivity index (χ0v) is 22.6. The van der Waals surface area contributed by atoms with Gasteiger partial charge in [-0.1, -0.05) is 12.1 Å². The summed E-state index contributed by atoms with van der Waals surface area (Å²) < 4.78 is 74.2. The van der Waals surface area contributed by atoms with Crippen molar-refractivity contribution in [2.75, 3.05) is 40.4 Å². The van der Waals surface area contributed by atoms with E-state index in [1.807, 2.05) is 7.05 Å². The first kappa shape index (κ1) is 38.1. The summed E-state index contributed by atoms with van der Waals surface area (Å²) in [6, 6.07) is 13.2. The summed E-state index contributed by atoms with van der Waals surface area (Å²) in [5.41, 5.74) is 6.87. The van der Waals surface area contributed by atoms with Crippen LogP contribution >= 0.6 is 0 Å². The van der Waals surface area contributed by atoms with Crippen LogP contribution in [0.25, 0.3) is 0 Å². The molecule has 0 unspecified atom stereocenters. The van der Waals surface area contributed by atoms with Crippen molar-refractivity contribution in [1.82, 2.24) is 10.2 Å². The van der Waals surface area contributed by atoms with Gasteiger partial charge in [0.05, 0.1) is 5.56 Å². The van der Waals surface area contributed by atoms with E-state index in [2.05, 4.69) is 5.32 Å². The monoisotopic (exact) mass is 626 g/mol. The van der Waals surface area contributed by atoms with Crippen molar-refractivity contribution < 1.29 is 65.2 Å². The molecular weight excluding hydrogens is 598 g/mol. The topological polar surface area (TPSA) is 192 Å². The lowest BCUT2D eigenvalue weighted by Crippen LogP contribution is -2.32. The largest absolute Gasteiger partial charge is 0.490 e. The third-order valence-corrected chi connectivity index (χ3v) is 4.63. The Kier molecular flexibility index (Phi) is 15.8. The second-order valence-corrected chi connectivity index (χ2v) is 7.94. The molecule has 0 bridgehead atoms. The molecule has 1 amide bonds. The Morgan fingerprint density at radius 3 is 1.81 bits per heavy atom. The smallest absolute Gasteiger partial charge is 0.490 e. The molecule has 0 spiro atoms. The Balaban J connectivity index is 0.00000104. The van der Waals surface area contributed by atoms with Gasteiger partial charge in [-0.3, -0.25) is 10.2 Å². The summed E-state index contributed by atoms with van der Waals surface area (Å²) in [4.78, 5) is 43.8. The third kappa shape index (κ3) is 15.6. The number of halogens is 6. The van der Waals surface area contributed by atoms with Crippen LogP contribution in [0.1, 0.15) is 26.3 Å². The number of amidine groups is 1. The highest BCUT2D eigenvalue weighted by molar-refractivity contribution is 5.96. The Morgan fingerprint density at radius 2 is 1.37 bits per heavy atom. The number of aliphatic carboxylic acids is 2. The molecule has 0 saturated heterocycles. The zero-order valence-electron chi connectivity index (χ0n) is 22.6. The fourth-order valence-electron chi connectivity index (χ4n) is 2.48. The second-order valence-electron chi connectivity index (χ2n) is 7.94. The van der Waals surface area contributed by atoms with Gasteiger partial charge in [-0.2, -0.15) is 26.3 Å². The van der Waals surface area contributed by atoms with E-state index in [0.29, 0.717) is 35.5 Å². The van der Waals surface area contributed by atoms with Crippen LogP contribution in [0.4, 0.5) is 26.3 Å². The summed E-state index contributed by atoms with van der Waals surface area (Å²) in [7, 11) is 3.56. The Bertz CT molecular complexity index is 1210. The number of likely N-dealkylation sites (N-methyl/N-ethyl adjacent to an activating group) is 2. The number of benzene rings is 2. The fraction of sp³-hybridized carbons (Fsp3) is 0.320. The molecule has 6 N–H and O–H groups in total. The number of nitrogens with two attached hydrogens (primary N) is 1. The predicted octanol–water partition coefficient (Wildman–Crippen LogP) is 2.76. The van der Waals surface area contributed by atoms with Gasteiger partial charge in [-0.05, 0) is 43.4 Å². The quantitative estimate of drug-likeness (QED) is 0.0861. The minimum atomic E-state index is -5.08. The molecule has 18 heteroatoms. The number of nitrogens with one attached hydrogen (secondary N) is 2. The maximum atomic E-state index is 12.3. The first-order chi connectivity index (χ1) is 19.8.